The first-order valence-corrected chi connectivity index (χ1v) is 5.98. The van der Waals surface area contributed by atoms with Crippen molar-refractivity contribution < 1.29 is 17.2 Å². The molecule has 0 aromatic heterocycles. The molecule has 0 amide bonds. The minimum absolute atomic E-state index is 0.0926. The Morgan fingerprint density at radius 1 is 1.38 bits per heavy atom. The van der Waals surface area contributed by atoms with E-state index in [1.807, 2.05) is 6.92 Å². The van der Waals surface area contributed by atoms with Gasteiger partial charge in [0.05, 0.1) is 6.61 Å². The molecule has 13 heavy (non-hydrogen) atoms. The van der Waals surface area contributed by atoms with Crippen molar-refractivity contribution in [1.82, 2.24) is 0 Å². The van der Waals surface area contributed by atoms with Crippen LogP contribution in [0.2, 0.25) is 0 Å². The summed E-state index contributed by atoms with van der Waals surface area (Å²) in [5.74, 6) is 0.224. The molecule has 0 saturated carbocycles. The van der Waals surface area contributed by atoms with E-state index in [2.05, 4.69) is 11.1 Å². The molecule has 0 radical (unpaired) electrons. The van der Waals surface area contributed by atoms with E-state index in [1.54, 1.807) is 0 Å². The molecule has 0 fully saturated rings. The third kappa shape index (κ3) is 8.21. The number of unbranched alkanes of at least 4 members (excludes halogenated alkanes) is 1. The van der Waals surface area contributed by atoms with E-state index >= 15 is 0 Å². The summed E-state index contributed by atoms with van der Waals surface area (Å²) in [6, 6.07) is 0. The van der Waals surface area contributed by atoms with E-state index in [0.717, 1.165) is 25.7 Å². The van der Waals surface area contributed by atoms with Crippen LogP contribution in [-0.4, -0.2) is 19.6 Å². The van der Waals surface area contributed by atoms with Gasteiger partial charge in [-0.25, -0.2) is 4.18 Å². The summed E-state index contributed by atoms with van der Waals surface area (Å²) in [7, 11) is -4.25. The molecule has 80 valence electrons. The maximum Gasteiger partial charge on any atom is 0.397 e. The second kappa shape index (κ2) is 6.34. The normalized spacial score (nSPS) is 14.4. The molecule has 1 atom stereocenters. The van der Waals surface area contributed by atoms with E-state index < -0.39 is 10.4 Å². The van der Waals surface area contributed by atoms with Crippen LogP contribution < -0.4 is 0 Å². The van der Waals surface area contributed by atoms with Gasteiger partial charge in [0.25, 0.3) is 0 Å². The zero-order valence-corrected chi connectivity index (χ0v) is 9.01. The average molecular weight is 210 g/mol. The van der Waals surface area contributed by atoms with E-state index in [9.17, 15) is 8.42 Å². The number of rotatable bonds is 7. The van der Waals surface area contributed by atoms with Gasteiger partial charge in [0, 0.05) is 0 Å². The summed E-state index contributed by atoms with van der Waals surface area (Å²) in [6.45, 7) is 4.15. The van der Waals surface area contributed by atoms with Gasteiger partial charge in [-0.1, -0.05) is 33.1 Å². The van der Waals surface area contributed by atoms with Crippen molar-refractivity contribution >= 4 is 10.4 Å². The lowest BCUT2D eigenvalue weighted by Gasteiger charge is -2.12. The third-order valence-corrected chi connectivity index (χ3v) is 2.43. The van der Waals surface area contributed by atoms with Crippen LogP contribution >= 0.6 is 0 Å². The average Bonchev–Trinajstić information content (AvgIpc) is 2.03. The highest BCUT2D eigenvalue weighted by atomic mass is 32.3. The molecule has 0 bridgehead atoms. The van der Waals surface area contributed by atoms with Crippen molar-refractivity contribution in [1.29, 1.82) is 0 Å². The first kappa shape index (κ1) is 12.9. The SMILES string of the molecule is CCCC[C@H](CC)COS(=O)(=O)O. The summed E-state index contributed by atoms with van der Waals surface area (Å²) in [5, 5.41) is 0. The Kier molecular flexibility index (Phi) is 6.28. The van der Waals surface area contributed by atoms with Crippen LogP contribution in [-0.2, 0) is 14.6 Å². The lowest BCUT2D eigenvalue weighted by Crippen LogP contribution is -2.13. The van der Waals surface area contributed by atoms with E-state index in [0.29, 0.717) is 0 Å². The van der Waals surface area contributed by atoms with Crippen LogP contribution in [0.15, 0.2) is 0 Å². The Morgan fingerprint density at radius 2 is 2.00 bits per heavy atom. The Balaban J connectivity index is 3.72. The minimum atomic E-state index is -4.25. The van der Waals surface area contributed by atoms with Gasteiger partial charge in [-0.15, -0.1) is 0 Å². The Bertz CT molecular complexity index is 210. The summed E-state index contributed by atoms with van der Waals surface area (Å²) in [6.07, 6.45) is 3.97. The van der Waals surface area contributed by atoms with Gasteiger partial charge in [0.15, 0.2) is 0 Å². The number of hydrogen-bond donors (Lipinski definition) is 1. The van der Waals surface area contributed by atoms with E-state index in [4.69, 9.17) is 4.55 Å². The van der Waals surface area contributed by atoms with Crippen LogP contribution in [0.25, 0.3) is 0 Å². The molecule has 0 aromatic carbocycles. The molecular formula is C8H18O4S. The lowest BCUT2D eigenvalue weighted by atomic mass is 10.0. The van der Waals surface area contributed by atoms with Gasteiger partial charge in [-0.3, -0.25) is 4.55 Å². The van der Waals surface area contributed by atoms with Gasteiger partial charge in [-0.05, 0) is 12.3 Å². The lowest BCUT2D eigenvalue weighted by molar-refractivity contribution is 0.211. The first-order valence-electron chi connectivity index (χ1n) is 4.61. The maximum atomic E-state index is 10.3. The van der Waals surface area contributed by atoms with Gasteiger partial charge in [0.1, 0.15) is 0 Å². The standard InChI is InChI=1S/C8H18O4S/c1-3-5-6-8(4-2)7-12-13(9,10)11/h8H,3-7H2,1-2H3,(H,9,10,11)/t8-/m0/s1. The molecule has 0 unspecified atom stereocenters. The highest BCUT2D eigenvalue weighted by Crippen LogP contribution is 2.13. The van der Waals surface area contributed by atoms with Gasteiger partial charge < -0.3 is 0 Å². The van der Waals surface area contributed by atoms with Crippen LogP contribution in [0.4, 0.5) is 0 Å². The topological polar surface area (TPSA) is 63.6 Å². The summed E-state index contributed by atoms with van der Waals surface area (Å²) in [4.78, 5) is 0. The van der Waals surface area contributed by atoms with E-state index in [1.165, 1.54) is 0 Å². The van der Waals surface area contributed by atoms with Crippen molar-refractivity contribution in [2.45, 2.75) is 39.5 Å². The predicted molar refractivity (Wildman–Crippen MR) is 50.8 cm³/mol. The molecule has 0 saturated heterocycles. The first-order chi connectivity index (χ1) is 5.99. The molecule has 0 heterocycles. The predicted octanol–water partition coefficient (Wildman–Crippen LogP) is 2.02. The molecule has 0 spiro atoms. The fraction of sp³-hybridized carbons (Fsp3) is 1.00. The summed E-state index contributed by atoms with van der Waals surface area (Å²) < 4.78 is 33.2. The Morgan fingerprint density at radius 3 is 2.38 bits per heavy atom. The van der Waals surface area contributed by atoms with Gasteiger partial charge >= 0.3 is 10.4 Å². The quantitative estimate of drug-likeness (QED) is 0.653. The van der Waals surface area contributed by atoms with Crippen molar-refractivity contribution in [2.24, 2.45) is 5.92 Å². The minimum Gasteiger partial charge on any atom is -0.264 e. The Hall–Kier alpha value is -0.130. The maximum absolute atomic E-state index is 10.3. The van der Waals surface area contributed by atoms with Crippen molar-refractivity contribution in [3.8, 4) is 0 Å². The molecule has 0 aliphatic carbocycles. The van der Waals surface area contributed by atoms with Crippen molar-refractivity contribution in [3.63, 3.8) is 0 Å². The molecular weight excluding hydrogens is 192 g/mol. The molecule has 0 aliphatic rings. The van der Waals surface area contributed by atoms with Crippen molar-refractivity contribution in [2.75, 3.05) is 6.61 Å². The molecule has 0 aliphatic heterocycles. The summed E-state index contributed by atoms with van der Waals surface area (Å²) >= 11 is 0. The molecule has 0 rings (SSSR count). The van der Waals surface area contributed by atoms with Crippen LogP contribution in [0, 0.1) is 5.92 Å². The molecule has 5 heteroatoms. The summed E-state index contributed by atoms with van der Waals surface area (Å²) in [5.41, 5.74) is 0. The van der Waals surface area contributed by atoms with E-state index in [-0.39, 0.29) is 12.5 Å². The van der Waals surface area contributed by atoms with Crippen LogP contribution in [0.5, 0.6) is 0 Å². The zero-order chi connectivity index (χ0) is 10.3. The fourth-order valence-corrected chi connectivity index (χ4v) is 1.44. The highest BCUT2D eigenvalue weighted by Gasteiger charge is 2.11. The van der Waals surface area contributed by atoms with Crippen molar-refractivity contribution in [3.05, 3.63) is 0 Å². The zero-order valence-electron chi connectivity index (χ0n) is 8.19. The molecule has 4 nitrogen and oxygen atoms in total. The van der Waals surface area contributed by atoms with Gasteiger partial charge in [0.2, 0.25) is 0 Å². The Labute approximate surface area is 80.2 Å². The highest BCUT2D eigenvalue weighted by molar-refractivity contribution is 7.80. The smallest absolute Gasteiger partial charge is 0.264 e. The van der Waals surface area contributed by atoms with Crippen LogP contribution in [0.1, 0.15) is 39.5 Å². The van der Waals surface area contributed by atoms with Gasteiger partial charge in [-0.2, -0.15) is 8.42 Å². The van der Waals surface area contributed by atoms with Crippen LogP contribution in [0.3, 0.4) is 0 Å². The largest absolute Gasteiger partial charge is 0.397 e. The molecule has 1 N–H and O–H groups in total. The third-order valence-electron chi connectivity index (χ3n) is 2.00. The second-order valence-electron chi connectivity index (χ2n) is 3.13. The fourth-order valence-electron chi connectivity index (χ4n) is 1.08. The second-order valence-corrected chi connectivity index (χ2v) is 4.22. The molecule has 0 aromatic rings. The number of hydrogen-bond acceptors (Lipinski definition) is 3. The monoisotopic (exact) mass is 210 g/mol.